The van der Waals surface area contributed by atoms with Gasteiger partial charge in [-0.25, -0.2) is 0 Å². The van der Waals surface area contributed by atoms with Crippen LogP contribution in [0.4, 0.5) is 0 Å². The number of aryl methyl sites for hydroxylation is 1. The average molecular weight is 285 g/mol. The Morgan fingerprint density at radius 2 is 1.85 bits per heavy atom. The van der Waals surface area contributed by atoms with Crippen molar-refractivity contribution in [3.63, 3.8) is 0 Å². The van der Waals surface area contributed by atoms with E-state index in [-0.39, 0.29) is 5.78 Å². The van der Waals surface area contributed by atoms with Crippen LogP contribution < -0.4 is 0 Å². The topological polar surface area (TPSA) is 30.2 Å². The smallest absolute Gasteiger partial charge is 0.198 e. The molecule has 3 aromatic rings. The molecule has 0 radical (unpaired) electrons. The summed E-state index contributed by atoms with van der Waals surface area (Å²) in [4.78, 5) is 12.1. The Hall–Kier alpha value is -2.06. The maximum atomic E-state index is 12.1. The Labute approximate surface area is 122 Å². The molecule has 0 saturated heterocycles. The van der Waals surface area contributed by atoms with Gasteiger partial charge in [0.2, 0.25) is 0 Å². The molecule has 0 unspecified atom stereocenters. The zero-order valence-electron chi connectivity index (χ0n) is 10.8. The molecule has 100 valence electrons. The van der Waals surface area contributed by atoms with E-state index in [1.54, 1.807) is 24.3 Å². The number of rotatable bonds is 4. The number of carbonyl (C=O) groups is 1. The van der Waals surface area contributed by atoms with Gasteiger partial charge in [0.15, 0.2) is 11.5 Å². The normalized spacial score (nSPS) is 10.8. The third kappa shape index (κ3) is 2.75. The molecule has 3 rings (SSSR count). The number of hydrogen-bond donors (Lipinski definition) is 0. The van der Waals surface area contributed by atoms with Crippen LogP contribution in [-0.4, -0.2) is 5.78 Å². The highest BCUT2D eigenvalue weighted by Gasteiger charge is 2.12. The fourth-order valence-electron chi connectivity index (χ4n) is 2.18. The Balaban J connectivity index is 1.75. The predicted octanol–water partition coefficient (Wildman–Crippen LogP) is 4.90. The predicted molar refractivity (Wildman–Crippen MR) is 80.3 cm³/mol. The van der Waals surface area contributed by atoms with Crippen molar-refractivity contribution in [1.29, 1.82) is 0 Å². The van der Waals surface area contributed by atoms with Gasteiger partial charge < -0.3 is 4.42 Å². The highest BCUT2D eigenvalue weighted by molar-refractivity contribution is 6.31. The lowest BCUT2D eigenvalue weighted by atomic mass is 10.1. The van der Waals surface area contributed by atoms with E-state index < -0.39 is 0 Å². The summed E-state index contributed by atoms with van der Waals surface area (Å²) in [6, 6.07) is 17.1. The fraction of sp³-hybridized carbons (Fsp3) is 0.118. The first-order valence-electron chi connectivity index (χ1n) is 6.48. The van der Waals surface area contributed by atoms with Crippen molar-refractivity contribution < 1.29 is 9.21 Å². The highest BCUT2D eigenvalue weighted by atomic mass is 35.5. The Morgan fingerprint density at radius 3 is 2.65 bits per heavy atom. The summed E-state index contributed by atoms with van der Waals surface area (Å²) in [6.45, 7) is 0. The fourth-order valence-corrected chi connectivity index (χ4v) is 2.36. The summed E-state index contributed by atoms with van der Waals surface area (Å²) < 4.78 is 5.57. The number of ketones is 1. The minimum Gasteiger partial charge on any atom is -0.453 e. The van der Waals surface area contributed by atoms with Gasteiger partial charge in [0, 0.05) is 16.8 Å². The maximum Gasteiger partial charge on any atom is 0.198 e. The second-order valence-electron chi connectivity index (χ2n) is 4.70. The van der Waals surface area contributed by atoms with Gasteiger partial charge in [-0.05, 0) is 36.2 Å². The van der Waals surface area contributed by atoms with Crippen LogP contribution in [0.1, 0.15) is 22.5 Å². The van der Waals surface area contributed by atoms with E-state index in [9.17, 15) is 4.79 Å². The maximum absolute atomic E-state index is 12.1. The molecule has 0 aliphatic heterocycles. The number of Topliss-reactive ketones (excluding diaryl/α,β-unsaturated/α-hetero) is 1. The van der Waals surface area contributed by atoms with Crippen LogP contribution in [0.2, 0.25) is 5.02 Å². The molecule has 0 fully saturated rings. The summed E-state index contributed by atoms with van der Waals surface area (Å²) in [5.74, 6) is 0.416. The van der Waals surface area contributed by atoms with E-state index in [1.165, 1.54) is 0 Å². The van der Waals surface area contributed by atoms with Crippen molar-refractivity contribution in [2.24, 2.45) is 0 Å². The first-order valence-corrected chi connectivity index (χ1v) is 6.86. The molecular weight excluding hydrogens is 272 g/mol. The van der Waals surface area contributed by atoms with Gasteiger partial charge in [0.05, 0.1) is 0 Å². The number of furan rings is 1. The number of benzene rings is 2. The minimum absolute atomic E-state index is 0.0150. The third-order valence-corrected chi connectivity index (χ3v) is 3.47. The van der Waals surface area contributed by atoms with Crippen molar-refractivity contribution in [3.05, 3.63) is 70.9 Å². The van der Waals surface area contributed by atoms with Gasteiger partial charge in [0.25, 0.3) is 0 Å². The summed E-state index contributed by atoms with van der Waals surface area (Å²) in [6.07, 6.45) is 1.16. The van der Waals surface area contributed by atoms with Gasteiger partial charge in [-0.2, -0.15) is 0 Å². The lowest BCUT2D eigenvalue weighted by molar-refractivity contribution is 0.0958. The van der Waals surface area contributed by atoms with E-state index >= 15 is 0 Å². The number of hydrogen-bond acceptors (Lipinski definition) is 2. The van der Waals surface area contributed by atoms with E-state index in [0.717, 1.165) is 17.4 Å². The van der Waals surface area contributed by atoms with Gasteiger partial charge in [0.1, 0.15) is 5.58 Å². The first-order chi connectivity index (χ1) is 9.72. The molecule has 3 heteroatoms. The van der Waals surface area contributed by atoms with Gasteiger partial charge in [-0.15, -0.1) is 0 Å². The van der Waals surface area contributed by atoms with E-state index in [2.05, 4.69) is 0 Å². The van der Waals surface area contributed by atoms with Gasteiger partial charge >= 0.3 is 0 Å². The van der Waals surface area contributed by atoms with E-state index in [4.69, 9.17) is 16.0 Å². The molecule has 20 heavy (non-hydrogen) atoms. The molecule has 0 spiro atoms. The van der Waals surface area contributed by atoms with Crippen molar-refractivity contribution in [1.82, 2.24) is 0 Å². The van der Waals surface area contributed by atoms with Crippen LogP contribution in [0.15, 0.2) is 59.0 Å². The van der Waals surface area contributed by atoms with Crippen LogP contribution in [-0.2, 0) is 6.42 Å². The lowest BCUT2D eigenvalue weighted by Gasteiger charge is -1.98. The summed E-state index contributed by atoms with van der Waals surface area (Å²) in [5.41, 5.74) is 1.84. The zero-order valence-corrected chi connectivity index (χ0v) is 11.6. The monoisotopic (exact) mass is 284 g/mol. The molecule has 1 heterocycles. The van der Waals surface area contributed by atoms with E-state index in [0.29, 0.717) is 22.8 Å². The molecular formula is C17H13ClO2. The van der Waals surface area contributed by atoms with E-state index in [1.807, 2.05) is 30.3 Å². The van der Waals surface area contributed by atoms with Crippen LogP contribution in [0, 0.1) is 0 Å². The van der Waals surface area contributed by atoms with Crippen molar-refractivity contribution >= 4 is 28.4 Å². The van der Waals surface area contributed by atoms with Gasteiger partial charge in [-0.1, -0.05) is 41.9 Å². The molecule has 0 N–H and O–H groups in total. The molecule has 0 saturated carbocycles. The standard InChI is InChI=1S/C17H13ClO2/c18-14-7-9-16-13(10-14)11-17(20-16)15(19)8-6-12-4-2-1-3-5-12/h1-5,7,9-11H,6,8H2. The summed E-state index contributed by atoms with van der Waals surface area (Å²) in [7, 11) is 0. The Bertz CT molecular complexity index is 744. The SMILES string of the molecule is O=C(CCc1ccccc1)c1cc2cc(Cl)ccc2o1. The third-order valence-electron chi connectivity index (χ3n) is 3.24. The molecule has 0 aliphatic carbocycles. The molecule has 2 aromatic carbocycles. The minimum atomic E-state index is 0.0150. The molecule has 0 atom stereocenters. The molecule has 2 nitrogen and oxygen atoms in total. The lowest BCUT2D eigenvalue weighted by Crippen LogP contribution is -1.99. The largest absolute Gasteiger partial charge is 0.453 e. The molecule has 1 aromatic heterocycles. The highest BCUT2D eigenvalue weighted by Crippen LogP contribution is 2.24. The van der Waals surface area contributed by atoms with Crippen molar-refractivity contribution in [2.75, 3.05) is 0 Å². The van der Waals surface area contributed by atoms with Gasteiger partial charge in [-0.3, -0.25) is 4.79 Å². The van der Waals surface area contributed by atoms with Crippen LogP contribution in [0.5, 0.6) is 0 Å². The summed E-state index contributed by atoms with van der Waals surface area (Å²) in [5, 5.41) is 1.50. The zero-order chi connectivity index (χ0) is 13.9. The second-order valence-corrected chi connectivity index (χ2v) is 5.14. The van der Waals surface area contributed by atoms with Crippen LogP contribution >= 0.6 is 11.6 Å². The first kappa shape index (κ1) is 12.9. The summed E-state index contributed by atoms with van der Waals surface area (Å²) >= 11 is 5.92. The Kier molecular flexibility index (Phi) is 3.57. The molecule has 0 aliphatic rings. The van der Waals surface area contributed by atoms with Crippen LogP contribution in [0.3, 0.4) is 0 Å². The Morgan fingerprint density at radius 1 is 1.05 bits per heavy atom. The van der Waals surface area contributed by atoms with Crippen molar-refractivity contribution in [2.45, 2.75) is 12.8 Å². The number of halogens is 1. The second kappa shape index (κ2) is 5.51. The number of carbonyl (C=O) groups excluding carboxylic acids is 1. The molecule has 0 amide bonds. The number of fused-ring (bicyclic) bond motifs is 1. The van der Waals surface area contributed by atoms with Crippen LogP contribution in [0.25, 0.3) is 11.0 Å². The quantitative estimate of drug-likeness (QED) is 0.638. The molecule has 0 bridgehead atoms. The van der Waals surface area contributed by atoms with Crippen molar-refractivity contribution in [3.8, 4) is 0 Å². The average Bonchev–Trinajstić information content (AvgIpc) is 2.89.